The van der Waals surface area contributed by atoms with Gasteiger partial charge in [0.05, 0.1) is 33.5 Å². The number of rotatable bonds is 5. The lowest BCUT2D eigenvalue weighted by Gasteiger charge is -2.20. The van der Waals surface area contributed by atoms with Crippen LogP contribution in [0.2, 0.25) is 0 Å². The molecule has 0 saturated carbocycles. The van der Waals surface area contributed by atoms with E-state index < -0.39 is 0 Å². The molecular weight excluding hydrogens is 603 g/mol. The van der Waals surface area contributed by atoms with Gasteiger partial charge in [-0.25, -0.2) is 4.90 Å². The lowest BCUT2D eigenvalue weighted by Crippen LogP contribution is -2.30. The first kappa shape index (κ1) is 28.6. The highest BCUT2D eigenvalue weighted by Gasteiger charge is 2.40. The van der Waals surface area contributed by atoms with Gasteiger partial charge >= 0.3 is 0 Å². The summed E-state index contributed by atoms with van der Waals surface area (Å²) in [4.78, 5) is 34.9. The molecule has 0 fully saturated rings. The van der Waals surface area contributed by atoms with Crippen LogP contribution in [0.3, 0.4) is 0 Å². The second-order valence-corrected chi connectivity index (χ2v) is 12.4. The maximum atomic E-state index is 14.8. The van der Waals surface area contributed by atoms with Crippen LogP contribution in [0.4, 0.5) is 5.69 Å². The van der Waals surface area contributed by atoms with E-state index in [1.165, 1.54) is 4.90 Å². The summed E-state index contributed by atoms with van der Waals surface area (Å²) in [6.07, 6.45) is 3.68. The molecule has 2 amide bonds. The molecule has 5 nitrogen and oxygen atoms in total. The van der Waals surface area contributed by atoms with Crippen LogP contribution in [0, 0.1) is 6.92 Å². The molecule has 1 aliphatic rings. The fourth-order valence-electron chi connectivity index (χ4n) is 7.32. The number of pyridine rings is 1. The second-order valence-electron chi connectivity index (χ2n) is 12.4. The minimum atomic E-state index is -0.344. The van der Waals surface area contributed by atoms with Crippen LogP contribution >= 0.6 is 0 Å². The van der Waals surface area contributed by atoms with E-state index in [0.717, 1.165) is 60.8 Å². The van der Waals surface area contributed by atoms with E-state index in [2.05, 4.69) is 65.0 Å². The van der Waals surface area contributed by atoms with Crippen molar-refractivity contribution < 1.29 is 9.59 Å². The molecule has 0 bridgehead atoms. The molecule has 0 spiro atoms. The normalized spacial score (nSPS) is 12.6. The third kappa shape index (κ3) is 4.44. The van der Waals surface area contributed by atoms with Crippen molar-refractivity contribution in [2.24, 2.45) is 0 Å². The van der Waals surface area contributed by atoms with E-state index in [9.17, 15) is 9.59 Å². The van der Waals surface area contributed by atoms with Crippen LogP contribution in [-0.2, 0) is 0 Å². The van der Waals surface area contributed by atoms with Gasteiger partial charge in [0.25, 0.3) is 11.8 Å². The topological polar surface area (TPSA) is 55.2 Å². The van der Waals surface area contributed by atoms with Gasteiger partial charge in [-0.2, -0.15) is 0 Å². The molecule has 6 aromatic carbocycles. The zero-order chi connectivity index (χ0) is 33.1. The number of carbonyl (C=O) groups is 2. The number of hydrogen-bond acceptors (Lipinski definition) is 3. The molecule has 0 N–H and O–H groups in total. The first-order valence-corrected chi connectivity index (χ1v) is 16.3. The second kappa shape index (κ2) is 11.3. The lowest BCUT2D eigenvalue weighted by molar-refractivity contribution is 0.0926. The lowest BCUT2D eigenvalue weighted by atomic mass is 9.97. The van der Waals surface area contributed by atoms with Gasteiger partial charge in [0, 0.05) is 34.3 Å². The van der Waals surface area contributed by atoms with Gasteiger partial charge in [-0.05, 0) is 71.1 Å². The molecule has 2 aromatic heterocycles. The average molecular weight is 632 g/mol. The van der Waals surface area contributed by atoms with E-state index in [1.807, 2.05) is 103 Å². The summed E-state index contributed by atoms with van der Waals surface area (Å²) in [6.45, 7) is 2.06. The van der Waals surface area contributed by atoms with E-state index in [1.54, 1.807) is 6.07 Å². The van der Waals surface area contributed by atoms with Gasteiger partial charge in [0.1, 0.15) is 0 Å². The summed E-state index contributed by atoms with van der Waals surface area (Å²) in [7, 11) is 0. The molecule has 0 saturated heterocycles. The first-order valence-electron chi connectivity index (χ1n) is 16.3. The molecule has 3 heterocycles. The Kier molecular flexibility index (Phi) is 6.59. The Morgan fingerprint density at radius 1 is 0.510 bits per heavy atom. The van der Waals surface area contributed by atoms with Crippen molar-refractivity contribution in [2.45, 2.75) is 6.92 Å². The number of benzene rings is 6. The maximum Gasteiger partial charge on any atom is 0.268 e. The Balaban J connectivity index is 1.27. The van der Waals surface area contributed by atoms with Crippen molar-refractivity contribution in [3.63, 3.8) is 0 Å². The van der Waals surface area contributed by atoms with Gasteiger partial charge in [-0.1, -0.05) is 109 Å². The molecule has 0 radical (unpaired) electrons. The zero-order valence-electron chi connectivity index (χ0n) is 26.7. The number of carbonyl (C=O) groups excluding carboxylic acids is 2. The number of aryl methyl sites for hydroxylation is 1. The standard InChI is InChI=1S/C44H29N3O2/c1-28-27-45-25-24-32(28)34-17-10-18-35-33-16-8-9-20-38(33)46(42(34)35)40-21-11-19-36-41(40)44(49)47(43(36)48)39-23-22-31(29-12-4-2-5-13-29)26-37(39)30-14-6-3-7-15-30/h2-27H,1H3. The number of nitrogens with zero attached hydrogens (tertiary/aromatic N) is 3. The predicted octanol–water partition coefficient (Wildman–Crippen LogP) is 10.3. The Hall–Kier alpha value is -6.59. The number of aromatic nitrogens is 2. The molecular formula is C44H29N3O2. The van der Waals surface area contributed by atoms with Gasteiger partial charge in [0.15, 0.2) is 0 Å². The average Bonchev–Trinajstić information content (AvgIpc) is 3.63. The van der Waals surface area contributed by atoms with Crippen molar-refractivity contribution in [3.8, 4) is 39.1 Å². The minimum Gasteiger partial charge on any atom is -0.308 e. The minimum absolute atomic E-state index is 0.336. The summed E-state index contributed by atoms with van der Waals surface area (Å²) >= 11 is 0. The molecule has 49 heavy (non-hydrogen) atoms. The number of para-hydroxylation sites is 2. The number of imide groups is 1. The van der Waals surface area contributed by atoms with Crippen LogP contribution in [0.25, 0.3) is 60.9 Å². The van der Waals surface area contributed by atoms with Crippen molar-refractivity contribution in [2.75, 3.05) is 4.90 Å². The van der Waals surface area contributed by atoms with E-state index in [-0.39, 0.29) is 11.8 Å². The molecule has 0 unspecified atom stereocenters. The highest BCUT2D eigenvalue weighted by Crippen LogP contribution is 2.43. The first-order chi connectivity index (χ1) is 24.1. The van der Waals surface area contributed by atoms with Crippen LogP contribution in [0.5, 0.6) is 0 Å². The summed E-state index contributed by atoms with van der Waals surface area (Å²) in [5.74, 6) is -0.679. The number of anilines is 1. The van der Waals surface area contributed by atoms with E-state index >= 15 is 0 Å². The Morgan fingerprint density at radius 3 is 2.00 bits per heavy atom. The Bertz CT molecular complexity index is 2600. The fourth-order valence-corrected chi connectivity index (χ4v) is 7.32. The molecule has 5 heteroatoms. The highest BCUT2D eigenvalue weighted by molar-refractivity contribution is 6.36. The maximum absolute atomic E-state index is 14.8. The van der Waals surface area contributed by atoms with Crippen molar-refractivity contribution in [1.29, 1.82) is 0 Å². The monoisotopic (exact) mass is 631 g/mol. The summed E-state index contributed by atoms with van der Waals surface area (Å²) in [5.41, 5.74) is 10.9. The number of fused-ring (bicyclic) bond motifs is 4. The molecule has 9 rings (SSSR count). The quantitative estimate of drug-likeness (QED) is 0.178. The predicted molar refractivity (Wildman–Crippen MR) is 197 cm³/mol. The fraction of sp³-hybridized carbons (Fsp3) is 0.0227. The Labute approximate surface area is 283 Å². The third-order valence-corrected chi connectivity index (χ3v) is 9.57. The molecule has 0 atom stereocenters. The Morgan fingerprint density at radius 2 is 1.20 bits per heavy atom. The SMILES string of the molecule is Cc1cnccc1-c1cccc2c3ccccc3n(-c3cccc4c3C(=O)N(c3ccc(-c5ccccc5)cc3-c3ccccc3)C4=O)c12. The highest BCUT2D eigenvalue weighted by atomic mass is 16.2. The third-order valence-electron chi connectivity index (χ3n) is 9.57. The van der Waals surface area contributed by atoms with Crippen LogP contribution < -0.4 is 4.90 Å². The van der Waals surface area contributed by atoms with Gasteiger partial charge in [-0.3, -0.25) is 14.6 Å². The number of amides is 2. The summed E-state index contributed by atoms with van der Waals surface area (Å²) < 4.78 is 2.16. The van der Waals surface area contributed by atoms with Crippen molar-refractivity contribution in [3.05, 3.63) is 175 Å². The molecule has 232 valence electrons. The van der Waals surface area contributed by atoms with Crippen LogP contribution in [-0.4, -0.2) is 21.4 Å². The summed E-state index contributed by atoms with van der Waals surface area (Å²) in [5, 5.41) is 2.14. The largest absolute Gasteiger partial charge is 0.308 e. The van der Waals surface area contributed by atoms with E-state index in [0.29, 0.717) is 22.5 Å². The molecule has 1 aliphatic heterocycles. The van der Waals surface area contributed by atoms with Gasteiger partial charge in [-0.15, -0.1) is 0 Å². The molecule has 8 aromatic rings. The molecule has 0 aliphatic carbocycles. The van der Waals surface area contributed by atoms with Crippen LogP contribution in [0.15, 0.2) is 158 Å². The van der Waals surface area contributed by atoms with Crippen molar-refractivity contribution >= 4 is 39.3 Å². The van der Waals surface area contributed by atoms with Crippen LogP contribution in [0.1, 0.15) is 26.3 Å². The smallest absolute Gasteiger partial charge is 0.268 e. The van der Waals surface area contributed by atoms with Crippen molar-refractivity contribution in [1.82, 2.24) is 9.55 Å². The van der Waals surface area contributed by atoms with Gasteiger partial charge in [0.2, 0.25) is 0 Å². The van der Waals surface area contributed by atoms with Gasteiger partial charge < -0.3 is 4.57 Å². The number of hydrogen-bond donors (Lipinski definition) is 0. The van der Waals surface area contributed by atoms with E-state index in [4.69, 9.17) is 0 Å². The zero-order valence-corrected chi connectivity index (χ0v) is 26.7. The summed E-state index contributed by atoms with van der Waals surface area (Å²) in [6, 6.07) is 48.2.